The number of anilines is 2. The Morgan fingerprint density at radius 1 is 0.949 bits per heavy atom. The Morgan fingerprint density at radius 3 is 2.10 bits per heavy atom. The molecule has 4 rings (SSSR count). The molecule has 2 atom stereocenters. The molecular formula is C30H36N4O4S. The van der Waals surface area contributed by atoms with Gasteiger partial charge in [-0.25, -0.2) is 13.1 Å². The molecular weight excluding hydrogens is 512 g/mol. The van der Waals surface area contributed by atoms with E-state index in [0.717, 1.165) is 11.1 Å². The van der Waals surface area contributed by atoms with Gasteiger partial charge in [0, 0.05) is 30.7 Å². The molecule has 4 N–H and O–H groups in total. The molecule has 3 aromatic carbocycles. The number of amides is 2. The fraction of sp³-hybridized carbons (Fsp3) is 0.333. The van der Waals surface area contributed by atoms with Crippen molar-refractivity contribution < 1.29 is 18.0 Å². The van der Waals surface area contributed by atoms with Crippen LogP contribution in [0.5, 0.6) is 0 Å². The molecule has 1 aliphatic heterocycles. The topological polar surface area (TPSA) is 122 Å². The first-order valence-electron chi connectivity index (χ1n) is 13.3. The van der Waals surface area contributed by atoms with Crippen molar-refractivity contribution in [2.75, 3.05) is 23.3 Å². The van der Waals surface area contributed by atoms with Crippen LogP contribution < -0.4 is 20.7 Å². The van der Waals surface area contributed by atoms with Crippen molar-refractivity contribution in [1.29, 1.82) is 0 Å². The number of benzene rings is 3. The molecule has 1 aliphatic rings. The van der Waals surface area contributed by atoms with Crippen molar-refractivity contribution in [3.05, 3.63) is 90.0 Å². The second kappa shape index (κ2) is 12.4. The predicted molar refractivity (Wildman–Crippen MR) is 154 cm³/mol. The SMILES string of the molecule is CCC(C(=O)Nc1ccc(N2CCC(C(N)=O)CC2)c(S(=O)(=O)NC(C)c2ccccc2)c1)c1ccccc1. The monoisotopic (exact) mass is 548 g/mol. The van der Waals surface area contributed by atoms with Crippen molar-refractivity contribution in [2.24, 2.45) is 11.7 Å². The molecule has 0 bridgehead atoms. The highest BCUT2D eigenvalue weighted by atomic mass is 32.2. The van der Waals surface area contributed by atoms with Crippen LogP contribution in [0, 0.1) is 5.92 Å². The van der Waals surface area contributed by atoms with Crippen LogP contribution >= 0.6 is 0 Å². The van der Waals surface area contributed by atoms with E-state index in [4.69, 9.17) is 5.73 Å². The highest BCUT2D eigenvalue weighted by Crippen LogP contribution is 2.33. The lowest BCUT2D eigenvalue weighted by Crippen LogP contribution is -2.39. The van der Waals surface area contributed by atoms with E-state index in [1.165, 1.54) is 6.07 Å². The highest BCUT2D eigenvalue weighted by Gasteiger charge is 2.29. The molecule has 1 heterocycles. The van der Waals surface area contributed by atoms with Crippen LogP contribution in [0.15, 0.2) is 83.8 Å². The van der Waals surface area contributed by atoms with Crippen molar-refractivity contribution in [3.8, 4) is 0 Å². The molecule has 0 aromatic heterocycles. The largest absolute Gasteiger partial charge is 0.370 e. The van der Waals surface area contributed by atoms with Gasteiger partial charge in [-0.15, -0.1) is 0 Å². The average molecular weight is 549 g/mol. The van der Waals surface area contributed by atoms with Crippen LogP contribution in [0.1, 0.15) is 56.2 Å². The van der Waals surface area contributed by atoms with Crippen molar-refractivity contribution in [1.82, 2.24) is 4.72 Å². The molecule has 39 heavy (non-hydrogen) atoms. The normalized spacial score (nSPS) is 15.9. The summed E-state index contributed by atoms with van der Waals surface area (Å²) >= 11 is 0. The Kier molecular flexibility index (Phi) is 9.04. The molecule has 2 amide bonds. The number of piperidine rings is 1. The van der Waals surface area contributed by atoms with E-state index in [-0.39, 0.29) is 28.5 Å². The van der Waals surface area contributed by atoms with Gasteiger partial charge in [0.05, 0.1) is 11.6 Å². The van der Waals surface area contributed by atoms with Crippen LogP contribution in [0.2, 0.25) is 0 Å². The number of nitrogens with one attached hydrogen (secondary N) is 2. The van der Waals surface area contributed by atoms with E-state index >= 15 is 0 Å². The molecule has 206 valence electrons. The van der Waals surface area contributed by atoms with Crippen LogP contribution in [-0.4, -0.2) is 33.3 Å². The predicted octanol–water partition coefficient (Wildman–Crippen LogP) is 4.56. The Labute approximate surface area is 230 Å². The third-order valence-corrected chi connectivity index (χ3v) is 8.88. The second-order valence-electron chi connectivity index (χ2n) is 9.96. The highest BCUT2D eigenvalue weighted by molar-refractivity contribution is 7.89. The van der Waals surface area contributed by atoms with E-state index in [2.05, 4.69) is 10.0 Å². The maximum atomic E-state index is 13.8. The number of carbonyl (C=O) groups excluding carboxylic acids is 2. The van der Waals surface area contributed by atoms with Crippen LogP contribution in [-0.2, 0) is 19.6 Å². The van der Waals surface area contributed by atoms with Gasteiger partial charge in [0.15, 0.2) is 0 Å². The van der Waals surface area contributed by atoms with E-state index in [1.807, 2.05) is 72.5 Å². The van der Waals surface area contributed by atoms with Gasteiger partial charge in [-0.05, 0) is 55.5 Å². The first-order chi connectivity index (χ1) is 18.7. The third-order valence-electron chi connectivity index (χ3n) is 7.31. The zero-order chi connectivity index (χ0) is 28.0. The molecule has 0 saturated carbocycles. The van der Waals surface area contributed by atoms with Gasteiger partial charge < -0.3 is 16.0 Å². The minimum absolute atomic E-state index is 0.0772. The molecule has 0 spiro atoms. The number of primary amides is 1. The van der Waals surface area contributed by atoms with Gasteiger partial charge in [-0.3, -0.25) is 9.59 Å². The molecule has 2 unspecified atom stereocenters. The summed E-state index contributed by atoms with van der Waals surface area (Å²) in [5, 5.41) is 2.93. The summed E-state index contributed by atoms with van der Waals surface area (Å²) in [6, 6.07) is 23.4. The number of nitrogens with zero attached hydrogens (tertiary/aromatic N) is 1. The first-order valence-corrected chi connectivity index (χ1v) is 14.8. The Morgan fingerprint density at radius 2 is 1.54 bits per heavy atom. The number of carbonyl (C=O) groups is 2. The summed E-state index contributed by atoms with van der Waals surface area (Å²) in [5.41, 5.74) is 8.17. The van der Waals surface area contributed by atoms with Gasteiger partial charge >= 0.3 is 0 Å². The maximum Gasteiger partial charge on any atom is 0.243 e. The summed E-state index contributed by atoms with van der Waals surface area (Å²) in [6.45, 7) is 4.74. The summed E-state index contributed by atoms with van der Waals surface area (Å²) in [7, 11) is -3.99. The standard InChI is InChI=1S/C30H36N4O4S/c1-3-26(23-12-8-5-9-13-23)30(36)32-25-14-15-27(34-18-16-24(17-19-34)29(31)35)28(20-25)39(37,38)33-21(2)22-10-6-4-7-11-22/h4-15,20-21,24,26,33H,3,16-19H2,1-2H3,(H2,31,35)(H,32,36). The van der Waals surface area contributed by atoms with E-state index < -0.39 is 16.1 Å². The van der Waals surface area contributed by atoms with E-state index in [0.29, 0.717) is 43.7 Å². The molecule has 9 heteroatoms. The zero-order valence-corrected chi connectivity index (χ0v) is 23.2. The Hall–Kier alpha value is -3.69. The minimum atomic E-state index is -3.99. The van der Waals surface area contributed by atoms with Crippen molar-refractivity contribution >= 4 is 33.2 Å². The first kappa shape index (κ1) is 28.3. The lowest BCUT2D eigenvalue weighted by molar-refractivity contribution is -0.122. The number of sulfonamides is 1. The van der Waals surface area contributed by atoms with Crippen LogP contribution in [0.25, 0.3) is 0 Å². The molecule has 3 aromatic rings. The molecule has 1 saturated heterocycles. The van der Waals surface area contributed by atoms with Gasteiger partial charge in [-0.1, -0.05) is 67.6 Å². The number of hydrogen-bond acceptors (Lipinski definition) is 5. The number of hydrogen-bond donors (Lipinski definition) is 3. The summed E-state index contributed by atoms with van der Waals surface area (Å²) in [4.78, 5) is 26.9. The molecule has 0 radical (unpaired) electrons. The summed E-state index contributed by atoms with van der Waals surface area (Å²) < 4.78 is 30.3. The third kappa shape index (κ3) is 6.85. The Bertz CT molecular complexity index is 1390. The molecule has 1 fully saturated rings. The van der Waals surface area contributed by atoms with E-state index in [9.17, 15) is 18.0 Å². The van der Waals surface area contributed by atoms with Gasteiger partial charge in [-0.2, -0.15) is 0 Å². The molecule has 8 nitrogen and oxygen atoms in total. The maximum absolute atomic E-state index is 13.8. The fourth-order valence-corrected chi connectivity index (χ4v) is 6.55. The van der Waals surface area contributed by atoms with Gasteiger partial charge in [0.2, 0.25) is 21.8 Å². The van der Waals surface area contributed by atoms with Crippen LogP contribution in [0.3, 0.4) is 0 Å². The van der Waals surface area contributed by atoms with Crippen molar-refractivity contribution in [2.45, 2.75) is 50.0 Å². The quantitative estimate of drug-likeness (QED) is 0.343. The molecule has 0 aliphatic carbocycles. The lowest BCUT2D eigenvalue weighted by Gasteiger charge is -2.33. The average Bonchev–Trinajstić information content (AvgIpc) is 2.94. The van der Waals surface area contributed by atoms with Crippen molar-refractivity contribution in [3.63, 3.8) is 0 Å². The van der Waals surface area contributed by atoms with Gasteiger partial charge in [0.1, 0.15) is 4.90 Å². The summed E-state index contributed by atoms with van der Waals surface area (Å²) in [5.74, 6) is -1.12. The number of nitrogens with two attached hydrogens (primary N) is 1. The van der Waals surface area contributed by atoms with E-state index in [1.54, 1.807) is 19.1 Å². The number of rotatable bonds is 10. The Balaban J connectivity index is 1.65. The smallest absolute Gasteiger partial charge is 0.243 e. The van der Waals surface area contributed by atoms with Crippen LogP contribution in [0.4, 0.5) is 11.4 Å². The fourth-order valence-electron chi connectivity index (χ4n) is 5.07. The summed E-state index contributed by atoms with van der Waals surface area (Å²) in [6.07, 6.45) is 1.71. The second-order valence-corrected chi connectivity index (χ2v) is 11.6. The van der Waals surface area contributed by atoms with Gasteiger partial charge in [0.25, 0.3) is 0 Å². The zero-order valence-electron chi connectivity index (χ0n) is 22.3. The minimum Gasteiger partial charge on any atom is -0.370 e. The lowest BCUT2D eigenvalue weighted by atomic mass is 9.95.